The van der Waals surface area contributed by atoms with Crippen LogP contribution in [0.25, 0.3) is 0 Å². The maximum absolute atomic E-state index is 14.6. The Balaban J connectivity index is 0.00000306. The van der Waals surface area contributed by atoms with Gasteiger partial charge in [-0.05, 0) is 44.8 Å². The van der Waals surface area contributed by atoms with Crippen LogP contribution >= 0.6 is 0 Å². The Morgan fingerprint density at radius 3 is 2.33 bits per heavy atom. The number of hydrogen-bond acceptors (Lipinski definition) is 8. The summed E-state index contributed by atoms with van der Waals surface area (Å²) in [5, 5.41) is 44.5. The molecule has 4 aliphatic rings. The van der Waals surface area contributed by atoms with Crippen LogP contribution in [0.15, 0.2) is 51.5 Å². The SMILES string of the molecule is CC(=O)C1=C(O)[C@@]2(O)C(O)=C3C(O)=C4C(=O)[C-]=CC(F)=C4C(C)[C@H]3C[C@H]2[C@H](N(C)C)C1=O.[Y]. The second-order valence-electron chi connectivity index (χ2n) is 8.92. The summed E-state index contributed by atoms with van der Waals surface area (Å²) in [5.74, 6) is -8.20. The summed E-state index contributed by atoms with van der Waals surface area (Å²) in [4.78, 5) is 39.1. The summed E-state index contributed by atoms with van der Waals surface area (Å²) in [5.41, 5.74) is -3.82. The van der Waals surface area contributed by atoms with Gasteiger partial charge >= 0.3 is 0 Å². The summed E-state index contributed by atoms with van der Waals surface area (Å²) in [6, 6.07) is -1.08. The van der Waals surface area contributed by atoms with Crippen LogP contribution in [-0.2, 0) is 47.1 Å². The van der Waals surface area contributed by atoms with E-state index in [1.54, 1.807) is 21.0 Å². The molecule has 4 N–H and O–H groups in total. The van der Waals surface area contributed by atoms with E-state index < -0.39 is 75.4 Å². The molecule has 0 fully saturated rings. The molecule has 0 saturated heterocycles. The van der Waals surface area contributed by atoms with Crippen molar-refractivity contribution in [1.29, 1.82) is 0 Å². The number of aliphatic hydroxyl groups is 4. The zero-order chi connectivity index (χ0) is 23.9. The molecule has 0 heterocycles. The number of allylic oxidation sites excluding steroid dienone is 6. The molecule has 4 rings (SSSR count). The van der Waals surface area contributed by atoms with E-state index in [0.717, 1.165) is 13.0 Å². The number of nitrogens with zero attached hydrogens (tertiary/aromatic N) is 1. The first-order valence-corrected chi connectivity index (χ1v) is 10.1. The van der Waals surface area contributed by atoms with Crippen LogP contribution in [0.2, 0.25) is 0 Å². The Labute approximate surface area is 214 Å². The number of aliphatic hydroxyl groups excluding tert-OH is 3. The standard InChI is InChI=1S/C23H23FNO7.Y/c1-8-10-7-11-18(25(3)4)20(29)15(9(2)26)21(30)23(11,32)22(31)16(10)19(28)17-13(27)6-5-12(24)14(8)17;/h5,8,10-11,18,28,30-32H,7H2,1-4H3;/q-1;/t8?,10-,11+,18+,23-;/m1./s1. The van der Waals surface area contributed by atoms with Crippen molar-refractivity contribution in [1.82, 2.24) is 4.90 Å². The molecular weight excluding hydrogens is 510 g/mol. The summed E-state index contributed by atoms with van der Waals surface area (Å²) in [7, 11) is 3.11. The second kappa shape index (κ2) is 8.38. The monoisotopic (exact) mass is 533 g/mol. The number of hydrogen-bond donors (Lipinski definition) is 4. The summed E-state index contributed by atoms with van der Waals surface area (Å²) < 4.78 is 14.6. The van der Waals surface area contributed by atoms with Gasteiger partial charge in [-0.25, -0.2) is 0 Å². The molecule has 173 valence electrons. The predicted molar refractivity (Wildman–Crippen MR) is 109 cm³/mol. The quantitative estimate of drug-likeness (QED) is 0.311. The second-order valence-corrected chi connectivity index (χ2v) is 8.92. The Bertz CT molecular complexity index is 1150. The Morgan fingerprint density at radius 1 is 1.18 bits per heavy atom. The van der Waals surface area contributed by atoms with E-state index >= 15 is 0 Å². The van der Waals surface area contributed by atoms with E-state index in [-0.39, 0.29) is 55.8 Å². The van der Waals surface area contributed by atoms with E-state index in [1.807, 2.05) is 0 Å². The van der Waals surface area contributed by atoms with Gasteiger partial charge in [-0.15, -0.1) is 17.7 Å². The van der Waals surface area contributed by atoms with Crippen LogP contribution in [0.5, 0.6) is 0 Å². The largest absolute Gasteiger partial charge is 0.520 e. The summed E-state index contributed by atoms with van der Waals surface area (Å²) in [6.07, 6.45) is 3.02. The fourth-order valence-electron chi connectivity index (χ4n) is 5.61. The van der Waals surface area contributed by atoms with Gasteiger partial charge in [-0.1, -0.05) is 6.92 Å². The Hall–Kier alpha value is -1.94. The van der Waals surface area contributed by atoms with E-state index in [2.05, 4.69) is 6.08 Å². The van der Waals surface area contributed by atoms with Crippen molar-refractivity contribution in [3.8, 4) is 0 Å². The number of carbonyl (C=O) groups excluding carboxylic acids is 3. The molecule has 1 radical (unpaired) electrons. The minimum atomic E-state index is -2.55. The fourth-order valence-corrected chi connectivity index (χ4v) is 5.61. The molecule has 0 bridgehead atoms. The maximum atomic E-state index is 14.6. The smallest absolute Gasteiger partial charge is 0.187 e. The molecule has 1 unspecified atom stereocenters. The first-order chi connectivity index (χ1) is 14.8. The average Bonchev–Trinajstić information content (AvgIpc) is 2.69. The van der Waals surface area contributed by atoms with Gasteiger partial charge in [0.2, 0.25) is 0 Å². The number of halogens is 1. The van der Waals surface area contributed by atoms with E-state index in [9.17, 15) is 39.2 Å². The van der Waals surface area contributed by atoms with Gasteiger partial charge in [-0.3, -0.25) is 18.9 Å². The first kappa shape index (κ1) is 25.7. The van der Waals surface area contributed by atoms with Gasteiger partial charge in [0.15, 0.2) is 17.2 Å². The van der Waals surface area contributed by atoms with E-state index in [0.29, 0.717) is 0 Å². The number of fused-ring (bicyclic) bond motifs is 3. The van der Waals surface area contributed by atoms with Crippen molar-refractivity contribution in [3.05, 3.63) is 57.5 Å². The van der Waals surface area contributed by atoms with Gasteiger partial charge in [0.25, 0.3) is 0 Å². The van der Waals surface area contributed by atoms with Crippen LogP contribution in [0.1, 0.15) is 20.3 Å². The zero-order valence-electron chi connectivity index (χ0n) is 18.5. The molecule has 10 heteroatoms. The summed E-state index contributed by atoms with van der Waals surface area (Å²) >= 11 is 0. The molecule has 0 amide bonds. The van der Waals surface area contributed by atoms with Gasteiger partial charge in [0.1, 0.15) is 17.1 Å². The zero-order valence-corrected chi connectivity index (χ0v) is 21.3. The number of carbonyl (C=O) groups is 3. The van der Waals surface area contributed by atoms with Gasteiger partial charge in [0.05, 0.1) is 17.6 Å². The first-order valence-electron chi connectivity index (χ1n) is 10.1. The molecule has 5 atom stereocenters. The average molecular weight is 533 g/mol. The van der Waals surface area contributed by atoms with Crippen molar-refractivity contribution in [2.75, 3.05) is 14.1 Å². The van der Waals surface area contributed by atoms with Crippen molar-refractivity contribution in [2.24, 2.45) is 17.8 Å². The topological polar surface area (TPSA) is 135 Å². The van der Waals surface area contributed by atoms with Crippen molar-refractivity contribution in [2.45, 2.75) is 31.9 Å². The molecule has 0 aromatic rings. The molecule has 0 spiro atoms. The number of rotatable bonds is 2. The van der Waals surface area contributed by atoms with Crippen LogP contribution in [0.4, 0.5) is 4.39 Å². The third-order valence-corrected chi connectivity index (χ3v) is 7.07. The normalized spacial score (nSPS) is 33.8. The Morgan fingerprint density at radius 2 is 1.79 bits per heavy atom. The predicted octanol–water partition coefficient (Wildman–Crippen LogP) is 1.70. The number of ketones is 3. The van der Waals surface area contributed by atoms with Crippen molar-refractivity contribution < 1.29 is 71.9 Å². The molecule has 0 saturated carbocycles. The minimum absolute atomic E-state index is 0. The van der Waals surface area contributed by atoms with Gasteiger partial charge < -0.3 is 25.2 Å². The van der Waals surface area contributed by atoms with Crippen LogP contribution in [0, 0.1) is 23.8 Å². The minimum Gasteiger partial charge on any atom is -0.520 e. The van der Waals surface area contributed by atoms with Crippen LogP contribution in [0.3, 0.4) is 0 Å². The molecule has 33 heavy (non-hydrogen) atoms. The van der Waals surface area contributed by atoms with Gasteiger partial charge in [0, 0.05) is 50.0 Å². The Kier molecular flexibility index (Phi) is 6.52. The third kappa shape index (κ3) is 3.27. The maximum Gasteiger partial charge on any atom is 0.187 e. The molecule has 4 aliphatic carbocycles. The summed E-state index contributed by atoms with van der Waals surface area (Å²) in [6.45, 7) is 2.67. The molecule has 0 aromatic heterocycles. The number of Topliss-reactive ketones (excluding diaryl/α,β-unsaturated/α-hetero) is 3. The van der Waals surface area contributed by atoms with E-state index in [4.69, 9.17) is 0 Å². The molecule has 0 aliphatic heterocycles. The fraction of sp³-hybridized carbons (Fsp3) is 0.435. The van der Waals surface area contributed by atoms with Crippen LogP contribution < -0.4 is 0 Å². The van der Waals surface area contributed by atoms with Crippen molar-refractivity contribution >= 4 is 17.3 Å². The van der Waals surface area contributed by atoms with Gasteiger partial charge in [-0.2, -0.15) is 0 Å². The van der Waals surface area contributed by atoms with Crippen molar-refractivity contribution in [3.63, 3.8) is 0 Å². The molecule has 8 nitrogen and oxygen atoms in total. The van der Waals surface area contributed by atoms with E-state index in [1.165, 1.54) is 4.90 Å². The molecular formula is C23H23FNO7Y-. The third-order valence-electron chi connectivity index (χ3n) is 7.07. The number of likely N-dealkylation sites (N-methyl/N-ethyl adjacent to an activating group) is 1. The molecule has 0 aromatic carbocycles. The van der Waals surface area contributed by atoms with Crippen LogP contribution in [-0.4, -0.2) is 68.4 Å².